The van der Waals surface area contributed by atoms with Crippen molar-refractivity contribution in [2.45, 2.75) is 13.5 Å². The molecule has 1 aromatic heterocycles. The number of hydrogen-bond acceptors (Lipinski definition) is 5. The summed E-state index contributed by atoms with van der Waals surface area (Å²) in [5, 5.41) is 8.77. The number of nitrogens with one attached hydrogen (secondary N) is 2. The van der Waals surface area contributed by atoms with Crippen molar-refractivity contribution in [3.63, 3.8) is 0 Å². The molecule has 0 radical (unpaired) electrons. The van der Waals surface area contributed by atoms with Crippen LogP contribution in [0.2, 0.25) is 0 Å². The van der Waals surface area contributed by atoms with E-state index in [9.17, 15) is 14.4 Å². The van der Waals surface area contributed by atoms with Gasteiger partial charge in [0.1, 0.15) is 5.76 Å². The van der Waals surface area contributed by atoms with Gasteiger partial charge in [0.15, 0.2) is 5.82 Å². The molecule has 4 amide bonds. The Balaban J connectivity index is 1.81. The molecule has 0 unspecified atom stereocenters. The Morgan fingerprint density at radius 3 is 2.83 bits per heavy atom. The Hall–Kier alpha value is -3.16. The summed E-state index contributed by atoms with van der Waals surface area (Å²) in [5.74, 6) is 0.170. The molecular formula is C15H14N4O4. The van der Waals surface area contributed by atoms with Gasteiger partial charge in [-0.2, -0.15) is 0 Å². The van der Waals surface area contributed by atoms with E-state index in [0.29, 0.717) is 22.7 Å². The van der Waals surface area contributed by atoms with Gasteiger partial charge in [-0.05, 0) is 18.6 Å². The maximum atomic E-state index is 12.4. The Kier molecular flexibility index (Phi) is 3.80. The maximum absolute atomic E-state index is 12.4. The number of rotatable bonds is 4. The maximum Gasteiger partial charge on any atom is 0.324 e. The molecule has 0 saturated carbocycles. The zero-order valence-electron chi connectivity index (χ0n) is 12.3. The topological polar surface area (TPSA) is 105 Å². The minimum Gasteiger partial charge on any atom is -0.360 e. The van der Waals surface area contributed by atoms with E-state index in [4.69, 9.17) is 4.52 Å². The van der Waals surface area contributed by atoms with E-state index >= 15 is 0 Å². The van der Waals surface area contributed by atoms with E-state index < -0.39 is 6.03 Å². The summed E-state index contributed by atoms with van der Waals surface area (Å²) in [5.41, 5.74) is 0.927. The van der Waals surface area contributed by atoms with Gasteiger partial charge in [-0.1, -0.05) is 23.4 Å². The molecule has 3 rings (SSSR count). The zero-order valence-corrected chi connectivity index (χ0v) is 12.3. The van der Waals surface area contributed by atoms with E-state index in [2.05, 4.69) is 15.8 Å². The van der Waals surface area contributed by atoms with Crippen molar-refractivity contribution < 1.29 is 18.9 Å². The zero-order chi connectivity index (χ0) is 16.4. The average Bonchev–Trinajstić information content (AvgIpc) is 3.08. The fourth-order valence-electron chi connectivity index (χ4n) is 2.27. The average molecular weight is 314 g/mol. The lowest BCUT2D eigenvalue weighted by molar-refractivity contribution is -0.125. The van der Waals surface area contributed by atoms with Crippen LogP contribution in [-0.2, 0) is 11.3 Å². The number of amides is 4. The Bertz CT molecular complexity index is 767. The lowest BCUT2D eigenvalue weighted by Gasteiger charge is -2.15. The molecule has 2 heterocycles. The number of anilines is 1. The molecule has 0 atom stereocenters. The van der Waals surface area contributed by atoms with Gasteiger partial charge in [0.2, 0.25) is 5.91 Å². The number of aryl methyl sites for hydroxylation is 1. The van der Waals surface area contributed by atoms with Gasteiger partial charge in [0.05, 0.1) is 13.1 Å². The molecule has 1 aliphatic rings. The van der Waals surface area contributed by atoms with Crippen LogP contribution in [0.4, 0.5) is 10.6 Å². The van der Waals surface area contributed by atoms with Crippen molar-refractivity contribution in [3.8, 4) is 0 Å². The molecule has 0 aliphatic carbocycles. The van der Waals surface area contributed by atoms with Gasteiger partial charge >= 0.3 is 6.03 Å². The smallest absolute Gasteiger partial charge is 0.324 e. The standard InChI is InChI=1S/C15H14N4O4/c1-9-6-12(18-23-9)17-14(21)11-5-3-2-4-10(11)8-19-13(20)7-16-15(19)22/h2-6H,7-8H2,1H3,(H,16,22)(H,17,18,21). The largest absolute Gasteiger partial charge is 0.360 e. The number of nitrogens with zero attached hydrogens (tertiary/aromatic N) is 2. The number of hydrogen-bond donors (Lipinski definition) is 2. The van der Waals surface area contributed by atoms with E-state index in [0.717, 1.165) is 4.90 Å². The quantitative estimate of drug-likeness (QED) is 0.827. The van der Waals surface area contributed by atoms with Crippen LogP contribution in [0.5, 0.6) is 0 Å². The predicted molar refractivity (Wildman–Crippen MR) is 79.6 cm³/mol. The number of urea groups is 1. The van der Waals surface area contributed by atoms with Crippen LogP contribution in [0.25, 0.3) is 0 Å². The minimum atomic E-state index is -0.461. The highest BCUT2D eigenvalue weighted by Crippen LogP contribution is 2.16. The van der Waals surface area contributed by atoms with E-state index in [1.165, 1.54) is 0 Å². The molecule has 2 aromatic rings. The lowest BCUT2D eigenvalue weighted by atomic mass is 10.1. The van der Waals surface area contributed by atoms with Gasteiger partial charge < -0.3 is 15.2 Å². The Labute approximate surface area is 131 Å². The third-order valence-electron chi connectivity index (χ3n) is 3.40. The third-order valence-corrected chi connectivity index (χ3v) is 3.40. The second-order valence-electron chi connectivity index (χ2n) is 5.07. The normalized spacial score (nSPS) is 14.0. The van der Waals surface area contributed by atoms with Crippen molar-refractivity contribution in [1.29, 1.82) is 0 Å². The van der Waals surface area contributed by atoms with Crippen molar-refractivity contribution in [2.24, 2.45) is 0 Å². The Morgan fingerprint density at radius 1 is 1.39 bits per heavy atom. The van der Waals surface area contributed by atoms with Gasteiger partial charge in [-0.25, -0.2) is 4.79 Å². The van der Waals surface area contributed by atoms with Gasteiger partial charge in [0.25, 0.3) is 5.91 Å². The molecule has 1 aliphatic heterocycles. The third kappa shape index (κ3) is 3.05. The second-order valence-corrected chi connectivity index (χ2v) is 5.07. The fraction of sp³-hybridized carbons (Fsp3) is 0.200. The van der Waals surface area contributed by atoms with Crippen LogP contribution in [0, 0.1) is 6.92 Å². The van der Waals surface area contributed by atoms with Crippen LogP contribution in [0.1, 0.15) is 21.7 Å². The number of aromatic nitrogens is 1. The van der Waals surface area contributed by atoms with Crippen LogP contribution in [-0.4, -0.2) is 34.4 Å². The van der Waals surface area contributed by atoms with Crippen molar-refractivity contribution in [1.82, 2.24) is 15.4 Å². The molecule has 23 heavy (non-hydrogen) atoms. The highest BCUT2D eigenvalue weighted by atomic mass is 16.5. The molecule has 0 bridgehead atoms. The van der Waals surface area contributed by atoms with Crippen molar-refractivity contribution >= 4 is 23.7 Å². The minimum absolute atomic E-state index is 0.0224. The van der Waals surface area contributed by atoms with E-state index in [1.807, 2.05) is 0 Å². The molecule has 1 saturated heterocycles. The molecule has 118 valence electrons. The summed E-state index contributed by atoms with van der Waals surface area (Å²) in [4.78, 5) is 36.8. The first kappa shape index (κ1) is 14.8. The van der Waals surface area contributed by atoms with Crippen molar-refractivity contribution in [2.75, 3.05) is 11.9 Å². The van der Waals surface area contributed by atoms with Crippen molar-refractivity contribution in [3.05, 3.63) is 47.2 Å². The molecule has 0 spiro atoms. The molecule has 8 heteroatoms. The van der Waals surface area contributed by atoms with Gasteiger partial charge in [-0.3, -0.25) is 14.5 Å². The molecule has 2 N–H and O–H groups in total. The first-order valence-electron chi connectivity index (χ1n) is 6.95. The summed E-state index contributed by atoms with van der Waals surface area (Å²) >= 11 is 0. The number of benzene rings is 1. The Morgan fingerprint density at radius 2 is 2.17 bits per heavy atom. The SMILES string of the molecule is Cc1cc(NC(=O)c2ccccc2CN2C(=O)CNC2=O)no1. The lowest BCUT2D eigenvalue weighted by Crippen LogP contribution is -2.31. The highest BCUT2D eigenvalue weighted by Gasteiger charge is 2.29. The van der Waals surface area contributed by atoms with Gasteiger partial charge in [0, 0.05) is 11.6 Å². The van der Waals surface area contributed by atoms with Crippen LogP contribution in [0.15, 0.2) is 34.9 Å². The number of carbonyl (C=O) groups is 3. The van der Waals surface area contributed by atoms with Crippen LogP contribution in [0.3, 0.4) is 0 Å². The van der Waals surface area contributed by atoms with Crippen LogP contribution >= 0.6 is 0 Å². The monoisotopic (exact) mass is 314 g/mol. The fourth-order valence-corrected chi connectivity index (χ4v) is 2.27. The molecular weight excluding hydrogens is 300 g/mol. The molecule has 1 aromatic carbocycles. The number of carbonyl (C=O) groups excluding carboxylic acids is 3. The molecule has 8 nitrogen and oxygen atoms in total. The van der Waals surface area contributed by atoms with E-state index in [1.54, 1.807) is 37.3 Å². The summed E-state index contributed by atoms with van der Waals surface area (Å²) in [6.45, 7) is 1.73. The van der Waals surface area contributed by atoms with Crippen LogP contribution < -0.4 is 10.6 Å². The summed E-state index contributed by atoms with van der Waals surface area (Å²) in [6, 6.07) is 7.90. The summed E-state index contributed by atoms with van der Waals surface area (Å²) in [7, 11) is 0. The summed E-state index contributed by atoms with van der Waals surface area (Å²) < 4.78 is 4.90. The molecule has 1 fully saturated rings. The first-order chi connectivity index (χ1) is 11.0. The highest BCUT2D eigenvalue weighted by molar-refractivity contribution is 6.05. The first-order valence-corrected chi connectivity index (χ1v) is 6.95. The number of imide groups is 1. The second kappa shape index (κ2) is 5.91. The summed E-state index contributed by atoms with van der Waals surface area (Å²) in [6.07, 6.45) is 0. The van der Waals surface area contributed by atoms with Gasteiger partial charge in [-0.15, -0.1) is 0 Å². The van der Waals surface area contributed by atoms with E-state index in [-0.39, 0.29) is 24.9 Å². The predicted octanol–water partition coefficient (Wildman–Crippen LogP) is 1.29.